The number of hydrogen-bond donors (Lipinski definition) is 2. The SMILES string of the molecule is N#Cc1cccc(C2(NC(=O)c3ccc(OCC(=O)O)cc3)CCOCC2)c1. The third-order valence-electron chi connectivity index (χ3n) is 4.72. The smallest absolute Gasteiger partial charge is 0.341 e. The lowest BCUT2D eigenvalue weighted by atomic mass is 9.81. The number of carbonyl (C=O) groups is 2. The number of hydrogen-bond acceptors (Lipinski definition) is 5. The molecule has 2 aromatic rings. The van der Waals surface area contributed by atoms with E-state index in [2.05, 4.69) is 11.4 Å². The van der Waals surface area contributed by atoms with Crippen LogP contribution >= 0.6 is 0 Å². The first-order valence-electron chi connectivity index (χ1n) is 8.88. The summed E-state index contributed by atoms with van der Waals surface area (Å²) in [7, 11) is 0. The molecule has 0 unspecified atom stereocenters. The fourth-order valence-corrected chi connectivity index (χ4v) is 3.23. The summed E-state index contributed by atoms with van der Waals surface area (Å²) in [6.07, 6.45) is 1.21. The Bertz CT molecular complexity index is 896. The maximum absolute atomic E-state index is 12.9. The molecule has 3 rings (SSSR count). The Morgan fingerprint density at radius 3 is 2.54 bits per heavy atom. The Hall–Kier alpha value is -3.37. The number of nitrogens with zero attached hydrogens (tertiary/aromatic N) is 1. The van der Waals surface area contributed by atoms with E-state index < -0.39 is 18.1 Å². The van der Waals surface area contributed by atoms with Gasteiger partial charge in [0.2, 0.25) is 0 Å². The number of ether oxygens (including phenoxy) is 2. The predicted molar refractivity (Wildman–Crippen MR) is 99.9 cm³/mol. The highest BCUT2D eigenvalue weighted by Gasteiger charge is 2.36. The molecule has 28 heavy (non-hydrogen) atoms. The summed E-state index contributed by atoms with van der Waals surface area (Å²) < 4.78 is 10.6. The number of aliphatic carboxylic acids is 1. The van der Waals surface area contributed by atoms with Gasteiger partial charge in [0.25, 0.3) is 5.91 Å². The van der Waals surface area contributed by atoms with Gasteiger partial charge < -0.3 is 19.9 Å². The molecule has 2 N–H and O–H groups in total. The number of benzene rings is 2. The number of carbonyl (C=O) groups excluding carboxylic acids is 1. The lowest BCUT2D eigenvalue weighted by Gasteiger charge is -2.38. The second-order valence-electron chi connectivity index (χ2n) is 6.55. The third kappa shape index (κ3) is 4.48. The summed E-state index contributed by atoms with van der Waals surface area (Å²) in [6, 6.07) is 15.7. The molecule has 0 aromatic heterocycles. The van der Waals surface area contributed by atoms with Crippen molar-refractivity contribution < 1.29 is 24.2 Å². The molecule has 1 amide bonds. The highest BCUT2D eigenvalue weighted by atomic mass is 16.5. The Balaban J connectivity index is 1.80. The fraction of sp³-hybridized carbons (Fsp3) is 0.286. The first kappa shape index (κ1) is 19.4. The van der Waals surface area contributed by atoms with E-state index in [-0.39, 0.29) is 5.91 Å². The van der Waals surface area contributed by atoms with Crippen LogP contribution in [0.1, 0.15) is 34.3 Å². The van der Waals surface area contributed by atoms with E-state index in [1.54, 1.807) is 36.4 Å². The van der Waals surface area contributed by atoms with E-state index in [4.69, 9.17) is 14.6 Å². The quantitative estimate of drug-likeness (QED) is 0.797. The zero-order valence-electron chi connectivity index (χ0n) is 15.2. The number of rotatable bonds is 6. The van der Waals surface area contributed by atoms with Gasteiger partial charge in [-0.1, -0.05) is 12.1 Å². The van der Waals surface area contributed by atoms with E-state index in [1.807, 2.05) is 12.1 Å². The molecule has 0 aliphatic carbocycles. The van der Waals surface area contributed by atoms with E-state index in [9.17, 15) is 14.9 Å². The molecule has 7 heteroatoms. The van der Waals surface area contributed by atoms with Crippen LogP contribution in [0.15, 0.2) is 48.5 Å². The Labute approximate surface area is 162 Å². The van der Waals surface area contributed by atoms with Crippen molar-refractivity contribution in [3.8, 4) is 11.8 Å². The summed E-state index contributed by atoms with van der Waals surface area (Å²) in [4.78, 5) is 23.4. The second-order valence-corrected chi connectivity index (χ2v) is 6.55. The molecule has 7 nitrogen and oxygen atoms in total. The minimum Gasteiger partial charge on any atom is -0.482 e. The van der Waals surface area contributed by atoms with Crippen molar-refractivity contribution in [3.63, 3.8) is 0 Å². The van der Waals surface area contributed by atoms with E-state index >= 15 is 0 Å². The van der Waals surface area contributed by atoms with Gasteiger partial charge in [-0.2, -0.15) is 5.26 Å². The molecule has 2 aromatic carbocycles. The summed E-state index contributed by atoms with van der Waals surface area (Å²) >= 11 is 0. The zero-order valence-corrected chi connectivity index (χ0v) is 15.2. The van der Waals surface area contributed by atoms with Gasteiger partial charge in [0.15, 0.2) is 6.61 Å². The van der Waals surface area contributed by atoms with Crippen LogP contribution in [-0.4, -0.2) is 36.8 Å². The molecule has 0 spiro atoms. The van der Waals surface area contributed by atoms with Gasteiger partial charge in [-0.3, -0.25) is 4.79 Å². The number of amides is 1. The normalized spacial score (nSPS) is 15.2. The highest BCUT2D eigenvalue weighted by molar-refractivity contribution is 5.95. The van der Waals surface area contributed by atoms with Crippen LogP contribution in [0.25, 0.3) is 0 Å². The topological polar surface area (TPSA) is 109 Å². The first-order valence-corrected chi connectivity index (χ1v) is 8.88. The maximum Gasteiger partial charge on any atom is 0.341 e. The van der Waals surface area contributed by atoms with Gasteiger partial charge in [-0.25, -0.2) is 4.79 Å². The van der Waals surface area contributed by atoms with Crippen molar-refractivity contribution in [2.75, 3.05) is 19.8 Å². The van der Waals surface area contributed by atoms with Crippen molar-refractivity contribution in [2.45, 2.75) is 18.4 Å². The second kappa shape index (κ2) is 8.55. The molecule has 144 valence electrons. The van der Waals surface area contributed by atoms with Gasteiger partial charge in [-0.15, -0.1) is 0 Å². The van der Waals surface area contributed by atoms with Crippen molar-refractivity contribution in [3.05, 3.63) is 65.2 Å². The molecule has 0 atom stereocenters. The van der Waals surface area contributed by atoms with E-state index in [0.29, 0.717) is 42.9 Å². The van der Waals surface area contributed by atoms with Crippen LogP contribution < -0.4 is 10.1 Å². The summed E-state index contributed by atoms with van der Waals surface area (Å²) in [5.41, 5.74) is 1.24. The lowest BCUT2D eigenvalue weighted by Crippen LogP contribution is -2.49. The average Bonchev–Trinajstić information content (AvgIpc) is 2.73. The molecule has 1 aliphatic heterocycles. The largest absolute Gasteiger partial charge is 0.482 e. The first-order chi connectivity index (χ1) is 13.5. The van der Waals surface area contributed by atoms with E-state index in [0.717, 1.165) is 5.56 Å². The average molecular weight is 380 g/mol. The number of nitriles is 1. The van der Waals surface area contributed by atoms with Gasteiger partial charge in [0.1, 0.15) is 5.75 Å². The third-order valence-corrected chi connectivity index (χ3v) is 4.72. The molecule has 0 bridgehead atoms. The van der Waals surface area contributed by atoms with Gasteiger partial charge in [-0.05, 0) is 54.8 Å². The monoisotopic (exact) mass is 380 g/mol. The Morgan fingerprint density at radius 1 is 1.18 bits per heavy atom. The van der Waals surface area contributed by atoms with Crippen LogP contribution in [0.5, 0.6) is 5.75 Å². The molecular weight excluding hydrogens is 360 g/mol. The molecule has 1 fully saturated rings. The van der Waals surface area contributed by atoms with Crippen LogP contribution in [-0.2, 0) is 15.1 Å². The summed E-state index contributed by atoms with van der Waals surface area (Å²) in [6.45, 7) is 0.585. The number of carboxylic acids is 1. The molecular formula is C21H20N2O5. The van der Waals surface area contributed by atoms with Crippen molar-refractivity contribution >= 4 is 11.9 Å². The molecule has 1 heterocycles. The molecule has 0 radical (unpaired) electrons. The highest BCUT2D eigenvalue weighted by Crippen LogP contribution is 2.33. The predicted octanol–water partition coefficient (Wildman–Crippen LogP) is 2.46. The molecule has 1 saturated heterocycles. The van der Waals surface area contributed by atoms with Crippen molar-refractivity contribution in [2.24, 2.45) is 0 Å². The van der Waals surface area contributed by atoms with Gasteiger partial charge >= 0.3 is 5.97 Å². The molecule has 0 saturated carbocycles. The minimum absolute atomic E-state index is 0.256. The lowest BCUT2D eigenvalue weighted by molar-refractivity contribution is -0.139. The van der Waals surface area contributed by atoms with Crippen LogP contribution in [0, 0.1) is 11.3 Å². The Morgan fingerprint density at radius 2 is 1.89 bits per heavy atom. The van der Waals surface area contributed by atoms with Crippen LogP contribution in [0.2, 0.25) is 0 Å². The number of carboxylic acid groups (broad SMARTS) is 1. The van der Waals surface area contributed by atoms with Crippen molar-refractivity contribution in [1.29, 1.82) is 5.26 Å². The van der Waals surface area contributed by atoms with Gasteiger partial charge in [0.05, 0.1) is 17.2 Å². The summed E-state index contributed by atoms with van der Waals surface area (Å²) in [5.74, 6) is -0.946. The standard InChI is InChI=1S/C21H20N2O5/c22-13-15-2-1-3-17(12-15)21(8-10-27-11-9-21)23-20(26)16-4-6-18(7-5-16)28-14-19(24)25/h1-7,12H,8-11,14H2,(H,23,26)(H,24,25). The maximum atomic E-state index is 12.9. The number of nitrogens with one attached hydrogen (secondary N) is 1. The van der Waals surface area contributed by atoms with Crippen LogP contribution in [0.4, 0.5) is 0 Å². The van der Waals surface area contributed by atoms with Crippen LogP contribution in [0.3, 0.4) is 0 Å². The van der Waals surface area contributed by atoms with E-state index in [1.165, 1.54) is 0 Å². The summed E-state index contributed by atoms with van der Waals surface area (Å²) in [5, 5.41) is 21.0. The van der Waals surface area contributed by atoms with Crippen molar-refractivity contribution in [1.82, 2.24) is 5.32 Å². The van der Waals surface area contributed by atoms with Gasteiger partial charge in [0, 0.05) is 18.8 Å². The molecule has 1 aliphatic rings. The minimum atomic E-state index is -1.07. The zero-order chi connectivity index (χ0) is 20.0. The fourth-order valence-electron chi connectivity index (χ4n) is 3.23. The Kier molecular flexibility index (Phi) is 5.92.